The Hall–Kier alpha value is -1.29. The lowest BCUT2D eigenvalue weighted by molar-refractivity contribution is -0.923. The number of carbonyl (C=O) groups excluding carboxylic acids is 1. The summed E-state index contributed by atoms with van der Waals surface area (Å²) >= 11 is 0. The lowest BCUT2D eigenvalue weighted by Crippen LogP contribution is -2.62. The quantitative estimate of drug-likeness (QED) is 0.222. The molecule has 2 N–H and O–H groups in total. The van der Waals surface area contributed by atoms with Crippen LogP contribution in [0.1, 0.15) is 98.3 Å². The smallest absolute Gasteiger partial charge is 0.221 e. The van der Waals surface area contributed by atoms with E-state index in [2.05, 4.69) is 56.0 Å². The number of nitrogens with one attached hydrogen (secondary N) is 2. The number of hydrogen-bond donors (Lipinski definition) is 2. The van der Waals surface area contributed by atoms with Crippen LogP contribution >= 0.6 is 0 Å². The maximum absolute atomic E-state index is 11.5. The van der Waals surface area contributed by atoms with Gasteiger partial charge in [-0.3, -0.25) is 9.28 Å². The fourth-order valence-electron chi connectivity index (χ4n) is 4.15. The number of rotatable bonds is 15. The fraction of sp³-hybridized carbons (Fsp3) is 0.783. The van der Waals surface area contributed by atoms with Gasteiger partial charge in [0.05, 0.1) is 12.7 Å². The Labute approximate surface area is 168 Å². The molecule has 0 aliphatic carbocycles. The normalized spacial score (nSPS) is 22.9. The molecule has 1 heterocycles. The maximum atomic E-state index is 11.5. The van der Waals surface area contributed by atoms with E-state index in [1.54, 1.807) is 6.92 Å². The molecule has 0 aromatic carbocycles. The zero-order valence-corrected chi connectivity index (χ0v) is 18.3. The maximum Gasteiger partial charge on any atom is 0.221 e. The largest absolute Gasteiger partial charge is 0.338 e. The third kappa shape index (κ3) is 8.50. The van der Waals surface area contributed by atoms with Crippen LogP contribution in [0.25, 0.3) is 0 Å². The van der Waals surface area contributed by atoms with Crippen LogP contribution in [0, 0.1) is 0 Å². The lowest BCUT2D eigenvalue weighted by Gasteiger charge is -2.41. The summed E-state index contributed by atoms with van der Waals surface area (Å²) < 4.78 is 0.799. The van der Waals surface area contributed by atoms with Crippen LogP contribution in [-0.4, -0.2) is 29.3 Å². The average molecular weight is 379 g/mol. The molecule has 1 aliphatic heterocycles. The topological polar surface area (TPSA) is 41.1 Å². The summed E-state index contributed by atoms with van der Waals surface area (Å²) in [6.07, 6.45) is 23.8. The van der Waals surface area contributed by atoms with Gasteiger partial charge >= 0.3 is 0 Å². The lowest BCUT2D eigenvalue weighted by atomic mass is 10.1. The highest BCUT2D eigenvalue weighted by atomic mass is 16.1. The molecule has 0 fully saturated rings. The Balaban J connectivity index is 2.19. The van der Waals surface area contributed by atoms with Crippen LogP contribution in [0.15, 0.2) is 24.6 Å². The fourth-order valence-corrected chi connectivity index (χ4v) is 4.15. The van der Waals surface area contributed by atoms with Gasteiger partial charge < -0.3 is 10.6 Å². The molecule has 4 nitrogen and oxygen atoms in total. The predicted octanol–water partition coefficient (Wildman–Crippen LogP) is 5.57. The predicted molar refractivity (Wildman–Crippen MR) is 116 cm³/mol. The molecule has 0 aromatic rings. The van der Waals surface area contributed by atoms with E-state index < -0.39 is 0 Å². The summed E-state index contributed by atoms with van der Waals surface area (Å²) in [5.74, 6) is 0.0444. The second-order valence-corrected chi connectivity index (χ2v) is 8.00. The van der Waals surface area contributed by atoms with Crippen LogP contribution in [0.2, 0.25) is 0 Å². The SMILES string of the molecule is CCCCCCCC/C=C/CCCCC1NC=C[N+]1(CC)C(C)NC(C)=O. The van der Waals surface area contributed by atoms with E-state index in [0.29, 0.717) is 6.17 Å². The molecule has 3 atom stereocenters. The summed E-state index contributed by atoms with van der Waals surface area (Å²) in [5, 5.41) is 6.60. The average Bonchev–Trinajstić information content (AvgIpc) is 3.06. The number of unbranched alkanes of at least 4 members (excludes halogenated alkanes) is 8. The minimum absolute atomic E-state index is 0.0444. The van der Waals surface area contributed by atoms with Crippen LogP contribution in [-0.2, 0) is 4.79 Å². The number of amides is 1. The van der Waals surface area contributed by atoms with Crippen molar-refractivity contribution >= 4 is 5.91 Å². The highest BCUT2D eigenvalue weighted by Gasteiger charge is 2.41. The number of carbonyl (C=O) groups is 1. The summed E-state index contributed by atoms with van der Waals surface area (Å²) in [7, 11) is 0. The summed E-state index contributed by atoms with van der Waals surface area (Å²) in [6.45, 7) is 9.16. The summed E-state index contributed by atoms with van der Waals surface area (Å²) in [6, 6.07) is 0. The molecule has 156 valence electrons. The highest BCUT2D eigenvalue weighted by molar-refractivity contribution is 5.72. The first kappa shape index (κ1) is 23.7. The Kier molecular flexibility index (Phi) is 12.2. The number of hydrogen-bond acceptors (Lipinski definition) is 2. The number of nitrogens with zero attached hydrogens (tertiary/aromatic N) is 1. The molecule has 0 saturated heterocycles. The Bertz CT molecular complexity index is 461. The van der Waals surface area contributed by atoms with E-state index in [0.717, 1.165) is 17.4 Å². The van der Waals surface area contributed by atoms with Gasteiger partial charge in [0.15, 0.2) is 12.3 Å². The van der Waals surface area contributed by atoms with Crippen molar-refractivity contribution in [3.05, 3.63) is 24.6 Å². The number of quaternary nitrogens is 1. The van der Waals surface area contributed by atoms with Crippen molar-refractivity contribution in [1.82, 2.24) is 10.6 Å². The second kappa shape index (κ2) is 13.8. The van der Waals surface area contributed by atoms with E-state index in [-0.39, 0.29) is 12.1 Å². The van der Waals surface area contributed by atoms with Gasteiger partial charge in [-0.2, -0.15) is 0 Å². The van der Waals surface area contributed by atoms with Gasteiger partial charge in [-0.25, -0.2) is 0 Å². The third-order valence-corrected chi connectivity index (χ3v) is 5.89. The molecular formula is C23H44N3O+. The van der Waals surface area contributed by atoms with Gasteiger partial charge in [0.2, 0.25) is 5.91 Å². The first-order valence-corrected chi connectivity index (χ1v) is 11.3. The van der Waals surface area contributed by atoms with Crippen molar-refractivity contribution in [3.63, 3.8) is 0 Å². The molecule has 1 aliphatic rings. The van der Waals surface area contributed by atoms with Gasteiger partial charge in [-0.05, 0) is 39.0 Å². The van der Waals surface area contributed by atoms with Crippen LogP contribution < -0.4 is 10.6 Å². The van der Waals surface area contributed by atoms with E-state index in [9.17, 15) is 4.79 Å². The van der Waals surface area contributed by atoms with Crippen molar-refractivity contribution in [2.45, 2.75) is 111 Å². The van der Waals surface area contributed by atoms with Crippen molar-refractivity contribution in [2.75, 3.05) is 6.54 Å². The monoisotopic (exact) mass is 378 g/mol. The Morgan fingerprint density at radius 3 is 2.33 bits per heavy atom. The Morgan fingerprint density at radius 1 is 1.07 bits per heavy atom. The molecule has 0 radical (unpaired) electrons. The van der Waals surface area contributed by atoms with E-state index in [1.807, 2.05) is 0 Å². The molecule has 0 spiro atoms. The van der Waals surface area contributed by atoms with Crippen LogP contribution in [0.3, 0.4) is 0 Å². The molecule has 0 aromatic heterocycles. The van der Waals surface area contributed by atoms with Crippen molar-refractivity contribution < 1.29 is 9.28 Å². The first-order chi connectivity index (χ1) is 13.1. The van der Waals surface area contributed by atoms with Gasteiger partial charge in [-0.15, -0.1) is 0 Å². The highest BCUT2D eigenvalue weighted by Crippen LogP contribution is 2.25. The van der Waals surface area contributed by atoms with Gasteiger partial charge in [0.1, 0.15) is 6.20 Å². The second-order valence-electron chi connectivity index (χ2n) is 8.00. The zero-order valence-electron chi connectivity index (χ0n) is 18.3. The molecule has 0 saturated carbocycles. The minimum Gasteiger partial charge on any atom is -0.338 e. The summed E-state index contributed by atoms with van der Waals surface area (Å²) in [4.78, 5) is 11.5. The number of allylic oxidation sites excluding steroid dienone is 2. The van der Waals surface area contributed by atoms with E-state index in [4.69, 9.17) is 0 Å². The van der Waals surface area contributed by atoms with E-state index in [1.165, 1.54) is 64.2 Å². The third-order valence-electron chi connectivity index (χ3n) is 5.89. The van der Waals surface area contributed by atoms with Gasteiger partial charge in [0.25, 0.3) is 0 Å². The molecule has 4 heteroatoms. The van der Waals surface area contributed by atoms with Crippen molar-refractivity contribution in [2.24, 2.45) is 0 Å². The molecule has 0 bridgehead atoms. The summed E-state index contributed by atoms with van der Waals surface area (Å²) in [5.41, 5.74) is 0. The van der Waals surface area contributed by atoms with Crippen molar-refractivity contribution in [1.29, 1.82) is 0 Å². The van der Waals surface area contributed by atoms with Gasteiger partial charge in [0, 0.05) is 20.3 Å². The van der Waals surface area contributed by atoms with Crippen LogP contribution in [0.4, 0.5) is 0 Å². The molecular weight excluding hydrogens is 334 g/mol. The molecule has 27 heavy (non-hydrogen) atoms. The standard InChI is InChI=1S/C23H43N3O/c1-5-7-8-9-10-11-12-13-14-15-16-17-18-23-24-19-20-26(23,6-2)21(3)25-22(4)27/h13-14,19-21,23-24H,5-12,15-18H2,1-4H3/p+1/b14-13+. The van der Waals surface area contributed by atoms with Crippen LogP contribution in [0.5, 0.6) is 0 Å². The van der Waals surface area contributed by atoms with Crippen molar-refractivity contribution in [3.8, 4) is 0 Å². The van der Waals surface area contributed by atoms with E-state index >= 15 is 0 Å². The molecule has 1 rings (SSSR count). The minimum atomic E-state index is 0.0444. The zero-order chi connectivity index (χ0) is 20.0. The first-order valence-electron chi connectivity index (χ1n) is 11.3. The molecule has 1 amide bonds. The molecule has 3 unspecified atom stereocenters. The van der Waals surface area contributed by atoms with Gasteiger partial charge in [-0.1, -0.05) is 51.2 Å². The Morgan fingerprint density at radius 2 is 1.70 bits per heavy atom.